The van der Waals surface area contributed by atoms with Gasteiger partial charge in [0.05, 0.1) is 12.7 Å². The predicted octanol–water partition coefficient (Wildman–Crippen LogP) is -0.548. The van der Waals surface area contributed by atoms with Crippen LogP contribution in [0.5, 0.6) is 0 Å². The van der Waals surface area contributed by atoms with Crippen LogP contribution in [-0.2, 0) is 16.6 Å². The lowest BCUT2D eigenvalue weighted by Crippen LogP contribution is -2.47. The second-order valence-corrected chi connectivity index (χ2v) is 7.12. The molecule has 0 aliphatic rings. The number of aliphatic hydroxyl groups is 4. The highest BCUT2D eigenvalue weighted by Crippen LogP contribution is 2.18. The lowest BCUT2D eigenvalue weighted by molar-refractivity contribution is -0.186. The summed E-state index contributed by atoms with van der Waals surface area (Å²) in [5.41, 5.74) is -1.25. The molecule has 0 saturated carbocycles. The van der Waals surface area contributed by atoms with Crippen LogP contribution in [0.1, 0.15) is 42.5 Å². The van der Waals surface area contributed by atoms with Crippen LogP contribution in [0, 0.1) is 5.82 Å². The Morgan fingerprint density at radius 1 is 0.800 bits per heavy atom. The number of nitrogens with one attached hydrogen (secondary N) is 2. The zero-order chi connectivity index (χ0) is 25.8. The molecule has 0 bridgehead atoms. The van der Waals surface area contributed by atoms with E-state index < -0.39 is 46.8 Å². The Bertz CT molecular complexity index is 1250. The van der Waals surface area contributed by atoms with Gasteiger partial charge in [-0.25, -0.2) is 19.2 Å². The minimum atomic E-state index is -2.89. The van der Waals surface area contributed by atoms with Crippen molar-refractivity contribution in [2.24, 2.45) is 0 Å². The Morgan fingerprint density at radius 3 is 1.66 bits per heavy atom. The molecule has 13 heteroatoms. The summed E-state index contributed by atoms with van der Waals surface area (Å²) in [6.07, 6.45) is 0.819. The van der Waals surface area contributed by atoms with Crippen LogP contribution >= 0.6 is 0 Å². The monoisotopic (exact) mass is 486 g/mol. The number of hydrogen-bond acceptors (Lipinski definition) is 10. The Balaban J connectivity index is 1.73. The van der Waals surface area contributed by atoms with Gasteiger partial charge in [0, 0.05) is 17.2 Å². The Morgan fingerprint density at radius 2 is 1.23 bits per heavy atom. The quantitative estimate of drug-likeness (QED) is 0.187. The van der Waals surface area contributed by atoms with Crippen molar-refractivity contribution in [2.45, 2.75) is 11.8 Å². The van der Waals surface area contributed by atoms with Crippen molar-refractivity contribution in [3.8, 4) is 0 Å². The van der Waals surface area contributed by atoms with E-state index in [0.29, 0.717) is 0 Å². The summed E-state index contributed by atoms with van der Waals surface area (Å²) >= 11 is 0. The molecular weight excluding hydrogens is 467 g/mol. The third-order valence-electron chi connectivity index (χ3n) is 4.66. The standard InChI is InChI=1S/C22H19FN4O8/c1-35-20(30)12-2-4-13(5-3-12)21(31,32)26-18(28)16-10-17(25-11-24-16)19(29)27-22(33,34)14-6-8-15(23)9-7-14/h2-11,31-34H,1H3,(H,26,28)(H,27,29). The third kappa shape index (κ3) is 5.99. The molecule has 0 unspecified atom stereocenters. The highest BCUT2D eigenvalue weighted by molar-refractivity contribution is 5.97. The van der Waals surface area contributed by atoms with Gasteiger partial charge in [0.2, 0.25) is 0 Å². The van der Waals surface area contributed by atoms with Crippen LogP contribution in [0.4, 0.5) is 4.39 Å². The number of nitrogens with zero attached hydrogens (tertiary/aromatic N) is 2. The number of ether oxygens (including phenoxy) is 1. The van der Waals surface area contributed by atoms with Crippen molar-refractivity contribution >= 4 is 17.8 Å². The maximum absolute atomic E-state index is 13.1. The number of benzene rings is 2. The van der Waals surface area contributed by atoms with Crippen LogP contribution in [0.3, 0.4) is 0 Å². The third-order valence-corrected chi connectivity index (χ3v) is 4.66. The zero-order valence-electron chi connectivity index (χ0n) is 18.0. The topological polar surface area (TPSA) is 191 Å². The van der Waals surface area contributed by atoms with E-state index >= 15 is 0 Å². The van der Waals surface area contributed by atoms with Gasteiger partial charge in [0.25, 0.3) is 23.6 Å². The van der Waals surface area contributed by atoms with E-state index in [-0.39, 0.29) is 16.7 Å². The maximum Gasteiger partial charge on any atom is 0.337 e. The summed E-state index contributed by atoms with van der Waals surface area (Å²) in [4.78, 5) is 43.7. The van der Waals surface area contributed by atoms with E-state index in [9.17, 15) is 39.2 Å². The van der Waals surface area contributed by atoms with Gasteiger partial charge < -0.3 is 25.2 Å². The number of carbonyl (C=O) groups is 3. The first-order valence-corrected chi connectivity index (χ1v) is 9.74. The number of methoxy groups -OCH3 is 1. The minimum absolute atomic E-state index is 0.134. The lowest BCUT2D eigenvalue weighted by atomic mass is 10.1. The summed E-state index contributed by atoms with van der Waals surface area (Å²) in [7, 11) is 1.18. The van der Waals surface area contributed by atoms with Crippen molar-refractivity contribution < 1.29 is 43.9 Å². The van der Waals surface area contributed by atoms with Gasteiger partial charge in [-0.15, -0.1) is 0 Å². The number of halogens is 1. The van der Waals surface area contributed by atoms with Crippen LogP contribution in [0.25, 0.3) is 0 Å². The summed E-state index contributed by atoms with van der Waals surface area (Å²) in [6.45, 7) is 0. The molecule has 3 rings (SSSR count). The highest BCUT2D eigenvalue weighted by Gasteiger charge is 2.32. The molecule has 0 saturated heterocycles. The first-order chi connectivity index (χ1) is 16.4. The van der Waals surface area contributed by atoms with Crippen molar-refractivity contribution in [2.75, 3.05) is 7.11 Å². The van der Waals surface area contributed by atoms with Gasteiger partial charge in [-0.3, -0.25) is 20.2 Å². The molecule has 2 aromatic carbocycles. The van der Waals surface area contributed by atoms with E-state index in [0.717, 1.165) is 36.7 Å². The largest absolute Gasteiger partial charge is 0.465 e. The summed E-state index contributed by atoms with van der Waals surface area (Å²) in [5, 5.41) is 44.5. The van der Waals surface area contributed by atoms with Gasteiger partial charge in [0.1, 0.15) is 23.5 Å². The fourth-order valence-corrected chi connectivity index (χ4v) is 2.83. The van der Waals surface area contributed by atoms with Crippen molar-refractivity contribution in [1.29, 1.82) is 0 Å². The normalized spacial score (nSPS) is 11.5. The van der Waals surface area contributed by atoms with Crippen LogP contribution < -0.4 is 10.6 Å². The molecule has 2 amide bonds. The lowest BCUT2D eigenvalue weighted by Gasteiger charge is -2.24. The molecule has 6 N–H and O–H groups in total. The van der Waals surface area contributed by atoms with Gasteiger partial charge in [0.15, 0.2) is 0 Å². The molecule has 0 fully saturated rings. The Hall–Kier alpha value is -4.30. The number of carbonyl (C=O) groups excluding carboxylic acids is 3. The fraction of sp³-hybridized carbons (Fsp3) is 0.136. The second-order valence-electron chi connectivity index (χ2n) is 7.12. The van der Waals surface area contributed by atoms with E-state index in [1.165, 1.54) is 31.4 Å². The maximum atomic E-state index is 13.1. The van der Waals surface area contributed by atoms with Gasteiger partial charge in [-0.2, -0.15) is 0 Å². The SMILES string of the molecule is COC(=O)c1ccc(C(O)(O)NC(=O)c2cc(C(=O)NC(O)(O)c3ccc(F)cc3)ncn2)cc1. The molecule has 3 aromatic rings. The van der Waals surface area contributed by atoms with E-state index in [1.807, 2.05) is 10.6 Å². The van der Waals surface area contributed by atoms with E-state index in [4.69, 9.17) is 0 Å². The van der Waals surface area contributed by atoms with Crippen molar-refractivity contribution in [1.82, 2.24) is 20.6 Å². The average molecular weight is 486 g/mol. The fourth-order valence-electron chi connectivity index (χ4n) is 2.83. The molecule has 0 radical (unpaired) electrons. The Kier molecular flexibility index (Phi) is 7.17. The number of esters is 1. The molecule has 35 heavy (non-hydrogen) atoms. The summed E-state index contributed by atoms with van der Waals surface area (Å²) in [6, 6.07) is 9.68. The van der Waals surface area contributed by atoms with Crippen molar-refractivity contribution in [3.05, 3.63) is 94.8 Å². The van der Waals surface area contributed by atoms with Crippen molar-refractivity contribution in [3.63, 3.8) is 0 Å². The molecule has 12 nitrogen and oxygen atoms in total. The zero-order valence-corrected chi connectivity index (χ0v) is 18.0. The van der Waals surface area contributed by atoms with Crippen LogP contribution in [-0.4, -0.2) is 55.3 Å². The molecule has 1 heterocycles. The molecule has 0 atom stereocenters. The summed E-state index contributed by atoms with van der Waals surface area (Å²) in [5.74, 6) is -9.31. The van der Waals surface area contributed by atoms with Gasteiger partial charge >= 0.3 is 5.97 Å². The number of aromatic nitrogens is 2. The molecule has 0 aliphatic heterocycles. The smallest absolute Gasteiger partial charge is 0.337 e. The average Bonchev–Trinajstić information content (AvgIpc) is 2.83. The Labute approximate surface area is 196 Å². The minimum Gasteiger partial charge on any atom is -0.465 e. The van der Waals surface area contributed by atoms with E-state index in [1.54, 1.807) is 0 Å². The molecule has 182 valence electrons. The molecular formula is C22H19FN4O8. The highest BCUT2D eigenvalue weighted by atomic mass is 19.1. The van der Waals surface area contributed by atoms with Crippen LogP contribution in [0.2, 0.25) is 0 Å². The van der Waals surface area contributed by atoms with E-state index in [2.05, 4.69) is 14.7 Å². The molecule has 0 aliphatic carbocycles. The first-order valence-electron chi connectivity index (χ1n) is 9.74. The second kappa shape index (κ2) is 9.90. The number of hydrogen-bond donors (Lipinski definition) is 6. The molecule has 1 aromatic heterocycles. The summed E-state index contributed by atoms with van der Waals surface area (Å²) < 4.78 is 17.6. The van der Waals surface area contributed by atoms with Crippen LogP contribution in [0.15, 0.2) is 60.9 Å². The number of rotatable bonds is 7. The molecule has 0 spiro atoms. The van der Waals surface area contributed by atoms with Gasteiger partial charge in [-0.05, 0) is 36.4 Å². The number of amides is 2. The first kappa shape index (κ1) is 25.3. The predicted molar refractivity (Wildman–Crippen MR) is 113 cm³/mol. The van der Waals surface area contributed by atoms with Gasteiger partial charge in [-0.1, -0.05) is 12.1 Å².